The summed E-state index contributed by atoms with van der Waals surface area (Å²) in [5.74, 6) is 0.458. The summed E-state index contributed by atoms with van der Waals surface area (Å²) >= 11 is 1.49. The number of para-hydroxylation sites is 1. The predicted molar refractivity (Wildman–Crippen MR) is 108 cm³/mol. The number of thiophene rings is 1. The lowest BCUT2D eigenvalue weighted by Crippen LogP contribution is -2.43. The summed E-state index contributed by atoms with van der Waals surface area (Å²) in [6.07, 6.45) is 0. The van der Waals surface area contributed by atoms with Crippen LogP contribution in [0.2, 0.25) is 0 Å². The summed E-state index contributed by atoms with van der Waals surface area (Å²) in [5.41, 5.74) is 1.94. The molecule has 138 valence electrons. The van der Waals surface area contributed by atoms with Gasteiger partial charge in [-0.3, -0.25) is 4.79 Å². The van der Waals surface area contributed by atoms with Gasteiger partial charge in [0.2, 0.25) is 0 Å². The number of carbonyl (C=O) groups excluding carboxylic acids is 1. The van der Waals surface area contributed by atoms with E-state index in [4.69, 9.17) is 0 Å². The number of rotatable bonds is 6. The highest BCUT2D eigenvalue weighted by atomic mass is 32.1. The van der Waals surface area contributed by atoms with Gasteiger partial charge in [0, 0.05) is 18.0 Å². The van der Waals surface area contributed by atoms with Crippen LogP contribution in [0.25, 0.3) is 15.9 Å². The number of hydrogen-bond donors (Lipinski definition) is 1. The van der Waals surface area contributed by atoms with Crippen molar-refractivity contribution in [1.82, 2.24) is 20.0 Å². The van der Waals surface area contributed by atoms with Crippen LogP contribution in [0, 0.1) is 12.8 Å². The minimum atomic E-state index is -0.0160. The van der Waals surface area contributed by atoms with Crippen LogP contribution >= 0.6 is 11.3 Å². The number of amides is 1. The Morgan fingerprint density at radius 3 is 2.58 bits per heavy atom. The highest BCUT2D eigenvalue weighted by Gasteiger charge is 2.20. The van der Waals surface area contributed by atoms with Gasteiger partial charge in [0.05, 0.1) is 16.3 Å². The molecule has 1 atom stereocenters. The van der Waals surface area contributed by atoms with Crippen LogP contribution < -0.4 is 5.32 Å². The molecule has 1 amide bonds. The van der Waals surface area contributed by atoms with Gasteiger partial charge in [-0.1, -0.05) is 32.0 Å². The lowest BCUT2D eigenvalue weighted by atomic mass is 10.0. The summed E-state index contributed by atoms with van der Waals surface area (Å²) < 4.78 is 1.92. The van der Waals surface area contributed by atoms with Crippen LogP contribution in [0.15, 0.2) is 36.4 Å². The molecule has 2 heterocycles. The summed E-state index contributed by atoms with van der Waals surface area (Å²) in [6.45, 7) is 6.97. The lowest BCUT2D eigenvalue weighted by Gasteiger charge is -2.27. The molecule has 1 aromatic carbocycles. The van der Waals surface area contributed by atoms with Crippen LogP contribution in [0.3, 0.4) is 0 Å². The number of likely N-dealkylation sites (N-methyl/N-ethyl adjacent to an activating group) is 1. The highest BCUT2D eigenvalue weighted by Crippen LogP contribution is 2.30. The molecule has 2 aromatic heterocycles. The normalized spacial score (nSPS) is 12.9. The third-order valence-corrected chi connectivity index (χ3v) is 5.78. The smallest absolute Gasteiger partial charge is 0.261 e. The fraction of sp³-hybridized carbons (Fsp3) is 0.400. The maximum atomic E-state index is 12.7. The Balaban J connectivity index is 1.84. The molecule has 0 aliphatic heterocycles. The molecule has 3 rings (SSSR count). The van der Waals surface area contributed by atoms with E-state index in [1.165, 1.54) is 11.3 Å². The van der Waals surface area contributed by atoms with Crippen molar-refractivity contribution in [1.29, 1.82) is 0 Å². The predicted octanol–water partition coefficient (Wildman–Crippen LogP) is 3.71. The average molecular weight is 371 g/mol. The molecule has 0 radical (unpaired) electrons. The van der Waals surface area contributed by atoms with Gasteiger partial charge >= 0.3 is 0 Å². The zero-order valence-electron chi connectivity index (χ0n) is 16.0. The second-order valence-electron chi connectivity index (χ2n) is 7.15. The summed E-state index contributed by atoms with van der Waals surface area (Å²) in [6, 6.07) is 12.3. The van der Waals surface area contributed by atoms with Crippen LogP contribution in [0.5, 0.6) is 0 Å². The molecule has 0 saturated carbocycles. The monoisotopic (exact) mass is 370 g/mol. The fourth-order valence-corrected chi connectivity index (χ4v) is 4.30. The number of aryl methyl sites for hydroxylation is 1. The molecule has 0 spiro atoms. The van der Waals surface area contributed by atoms with E-state index in [0.29, 0.717) is 18.5 Å². The number of hydrogen-bond acceptors (Lipinski definition) is 4. The highest BCUT2D eigenvalue weighted by molar-refractivity contribution is 7.20. The number of nitrogens with one attached hydrogen (secondary N) is 1. The standard InChI is InChI=1S/C20H26N4OS/c1-13(2)17(23(4)5)12-21-19(25)18-11-16-14(3)22-24(20(16)26-18)15-9-7-6-8-10-15/h6-11,13,17H,12H2,1-5H3,(H,21,25)/t17-/m1/s1. The van der Waals surface area contributed by atoms with E-state index < -0.39 is 0 Å². The Morgan fingerprint density at radius 2 is 1.96 bits per heavy atom. The lowest BCUT2D eigenvalue weighted by molar-refractivity contribution is 0.0939. The van der Waals surface area contributed by atoms with E-state index in [2.05, 4.69) is 29.2 Å². The molecule has 1 N–H and O–H groups in total. The third kappa shape index (κ3) is 3.66. The van der Waals surface area contributed by atoms with Crippen LogP contribution in [0.4, 0.5) is 0 Å². The van der Waals surface area contributed by atoms with Gasteiger partial charge in [0.1, 0.15) is 4.83 Å². The molecule has 0 aliphatic carbocycles. The van der Waals surface area contributed by atoms with Gasteiger partial charge in [0.15, 0.2) is 0 Å². The Labute approximate surface area is 158 Å². The second-order valence-corrected chi connectivity index (χ2v) is 8.18. The number of benzene rings is 1. The van der Waals surface area contributed by atoms with Crippen molar-refractivity contribution in [2.45, 2.75) is 26.8 Å². The number of fused-ring (bicyclic) bond motifs is 1. The summed E-state index contributed by atoms with van der Waals surface area (Å²) in [7, 11) is 4.10. The Morgan fingerprint density at radius 1 is 1.27 bits per heavy atom. The van der Waals surface area contributed by atoms with Gasteiger partial charge in [-0.15, -0.1) is 11.3 Å². The molecular formula is C20H26N4OS. The largest absolute Gasteiger partial charge is 0.350 e. The van der Waals surface area contributed by atoms with E-state index in [-0.39, 0.29) is 5.91 Å². The van der Waals surface area contributed by atoms with Crippen molar-refractivity contribution in [3.8, 4) is 5.69 Å². The topological polar surface area (TPSA) is 50.2 Å². The molecule has 0 bridgehead atoms. The number of nitrogens with zero attached hydrogens (tertiary/aromatic N) is 3. The molecule has 5 nitrogen and oxygen atoms in total. The van der Waals surface area contributed by atoms with Gasteiger partial charge in [-0.2, -0.15) is 5.10 Å². The summed E-state index contributed by atoms with van der Waals surface area (Å²) in [5, 5.41) is 8.76. The molecule has 6 heteroatoms. The molecule has 0 unspecified atom stereocenters. The third-order valence-electron chi connectivity index (χ3n) is 4.67. The first-order valence-corrected chi connectivity index (χ1v) is 9.69. The van der Waals surface area contributed by atoms with Gasteiger partial charge in [-0.25, -0.2) is 4.68 Å². The van der Waals surface area contributed by atoms with E-state index in [1.54, 1.807) is 0 Å². The second kappa shape index (κ2) is 7.60. The number of carbonyl (C=O) groups is 1. The van der Waals surface area contributed by atoms with Crippen molar-refractivity contribution in [2.24, 2.45) is 5.92 Å². The molecule has 0 saturated heterocycles. The van der Waals surface area contributed by atoms with Crippen molar-refractivity contribution in [2.75, 3.05) is 20.6 Å². The van der Waals surface area contributed by atoms with Crippen LogP contribution in [0.1, 0.15) is 29.2 Å². The minimum absolute atomic E-state index is 0.0160. The minimum Gasteiger partial charge on any atom is -0.350 e. The van der Waals surface area contributed by atoms with Crippen LogP contribution in [-0.4, -0.2) is 47.3 Å². The zero-order valence-corrected chi connectivity index (χ0v) is 16.8. The zero-order chi connectivity index (χ0) is 18.8. The quantitative estimate of drug-likeness (QED) is 0.720. The summed E-state index contributed by atoms with van der Waals surface area (Å²) in [4.78, 5) is 16.6. The van der Waals surface area contributed by atoms with E-state index in [9.17, 15) is 4.79 Å². The molecule has 3 aromatic rings. The first-order chi connectivity index (χ1) is 12.4. The molecule has 0 fully saturated rings. The van der Waals surface area contributed by atoms with Crippen molar-refractivity contribution in [3.63, 3.8) is 0 Å². The molecular weight excluding hydrogens is 344 g/mol. The Kier molecular flexibility index (Phi) is 5.44. The number of aromatic nitrogens is 2. The van der Waals surface area contributed by atoms with Gasteiger partial charge in [0.25, 0.3) is 5.91 Å². The van der Waals surface area contributed by atoms with Crippen LogP contribution in [-0.2, 0) is 0 Å². The Hall–Kier alpha value is -2.18. The van der Waals surface area contributed by atoms with Crippen molar-refractivity contribution >= 4 is 27.5 Å². The first-order valence-electron chi connectivity index (χ1n) is 8.87. The van der Waals surface area contributed by atoms with Crippen molar-refractivity contribution < 1.29 is 4.79 Å². The Bertz CT molecular complexity index is 887. The SMILES string of the molecule is Cc1nn(-c2ccccc2)c2sc(C(=O)NC[C@H](C(C)C)N(C)C)cc12. The van der Waals surface area contributed by atoms with Gasteiger partial charge < -0.3 is 10.2 Å². The maximum Gasteiger partial charge on any atom is 0.261 e. The average Bonchev–Trinajstić information content (AvgIpc) is 3.16. The first kappa shape index (κ1) is 18.6. The maximum absolute atomic E-state index is 12.7. The van der Waals surface area contributed by atoms with Crippen molar-refractivity contribution in [3.05, 3.63) is 47.0 Å². The molecule has 26 heavy (non-hydrogen) atoms. The van der Waals surface area contributed by atoms with E-state index in [0.717, 1.165) is 26.5 Å². The van der Waals surface area contributed by atoms with E-state index >= 15 is 0 Å². The molecule has 0 aliphatic rings. The van der Waals surface area contributed by atoms with E-state index in [1.807, 2.05) is 62.1 Å². The fourth-order valence-electron chi connectivity index (χ4n) is 3.20. The van der Waals surface area contributed by atoms with Gasteiger partial charge in [-0.05, 0) is 45.1 Å².